The minimum atomic E-state index is -3.72. The summed E-state index contributed by atoms with van der Waals surface area (Å²) in [6, 6.07) is 13.3. The quantitative estimate of drug-likeness (QED) is 0.616. The second-order valence-electron chi connectivity index (χ2n) is 5.26. The van der Waals surface area contributed by atoms with Gasteiger partial charge in [-0.3, -0.25) is 0 Å². The fraction of sp³-hybridized carbons (Fsp3) is 0.235. The van der Waals surface area contributed by atoms with Gasteiger partial charge in [0.2, 0.25) is 0 Å². The highest BCUT2D eigenvalue weighted by molar-refractivity contribution is 7.89. The van der Waals surface area contributed by atoms with Crippen molar-refractivity contribution in [2.75, 3.05) is 7.11 Å². The average Bonchev–Trinajstić information content (AvgIpc) is 2.55. The van der Waals surface area contributed by atoms with Gasteiger partial charge in [0.1, 0.15) is 11.5 Å². The predicted octanol–water partition coefficient (Wildman–Crippen LogP) is 2.79. The monoisotopic (exact) mass is 348 g/mol. The van der Waals surface area contributed by atoms with Crippen LogP contribution in [0.5, 0.6) is 11.5 Å². The SMILES string of the molecule is COc1ccc(/C=N/NS(=O)(=O)c2ccc(OC(C)C)cc2)cc1. The molecule has 128 valence electrons. The van der Waals surface area contributed by atoms with Gasteiger partial charge >= 0.3 is 0 Å². The Morgan fingerprint density at radius 2 is 1.58 bits per heavy atom. The molecular weight excluding hydrogens is 328 g/mol. The van der Waals surface area contributed by atoms with Gasteiger partial charge in [0, 0.05) is 0 Å². The third-order valence-electron chi connectivity index (χ3n) is 3.01. The van der Waals surface area contributed by atoms with Crippen LogP contribution in [0, 0.1) is 0 Å². The fourth-order valence-electron chi connectivity index (χ4n) is 1.88. The number of ether oxygens (including phenoxy) is 2. The lowest BCUT2D eigenvalue weighted by Gasteiger charge is -2.10. The molecule has 0 aromatic heterocycles. The molecule has 0 spiro atoms. The number of benzene rings is 2. The van der Waals surface area contributed by atoms with Crippen LogP contribution in [-0.2, 0) is 10.0 Å². The lowest BCUT2D eigenvalue weighted by molar-refractivity contribution is 0.242. The summed E-state index contributed by atoms with van der Waals surface area (Å²) in [6.45, 7) is 3.81. The van der Waals surface area contributed by atoms with Gasteiger partial charge < -0.3 is 9.47 Å². The highest BCUT2D eigenvalue weighted by Gasteiger charge is 2.12. The molecule has 0 aliphatic heterocycles. The molecule has 7 heteroatoms. The van der Waals surface area contributed by atoms with E-state index in [2.05, 4.69) is 9.93 Å². The first kappa shape index (κ1) is 17.8. The van der Waals surface area contributed by atoms with Gasteiger partial charge in [-0.1, -0.05) is 0 Å². The normalized spacial score (nSPS) is 11.7. The molecular formula is C17H20N2O4S. The highest BCUT2D eigenvalue weighted by Crippen LogP contribution is 2.17. The molecule has 2 aromatic rings. The Hall–Kier alpha value is -2.54. The smallest absolute Gasteiger partial charge is 0.276 e. The van der Waals surface area contributed by atoms with Crippen molar-refractivity contribution in [1.29, 1.82) is 0 Å². The number of hydrogen-bond donors (Lipinski definition) is 1. The summed E-state index contributed by atoms with van der Waals surface area (Å²) in [4.78, 5) is 2.30. The number of rotatable bonds is 7. The van der Waals surface area contributed by atoms with Crippen molar-refractivity contribution in [3.8, 4) is 11.5 Å². The van der Waals surface area contributed by atoms with Crippen LogP contribution in [0.3, 0.4) is 0 Å². The number of methoxy groups -OCH3 is 1. The lowest BCUT2D eigenvalue weighted by atomic mass is 10.2. The molecule has 0 amide bonds. The fourth-order valence-corrected chi connectivity index (χ4v) is 2.67. The van der Waals surface area contributed by atoms with E-state index < -0.39 is 10.0 Å². The molecule has 0 heterocycles. The minimum absolute atomic E-state index is 0.0275. The summed E-state index contributed by atoms with van der Waals surface area (Å²) in [5.41, 5.74) is 0.749. The van der Waals surface area contributed by atoms with Gasteiger partial charge in [0.25, 0.3) is 10.0 Å². The molecule has 0 radical (unpaired) electrons. The molecule has 0 aliphatic carbocycles. The number of nitrogens with one attached hydrogen (secondary N) is 1. The Labute approximate surface area is 142 Å². The lowest BCUT2D eigenvalue weighted by Crippen LogP contribution is -2.18. The Morgan fingerprint density at radius 1 is 1.00 bits per heavy atom. The molecule has 2 rings (SSSR count). The number of hydrazone groups is 1. The zero-order valence-corrected chi connectivity index (χ0v) is 14.6. The Balaban J connectivity index is 2.03. The third-order valence-corrected chi connectivity index (χ3v) is 4.25. The van der Waals surface area contributed by atoms with E-state index in [0.717, 1.165) is 11.3 Å². The van der Waals surface area contributed by atoms with Crippen molar-refractivity contribution in [1.82, 2.24) is 4.83 Å². The van der Waals surface area contributed by atoms with Crippen LogP contribution >= 0.6 is 0 Å². The van der Waals surface area contributed by atoms with Crippen LogP contribution in [0.15, 0.2) is 58.5 Å². The van der Waals surface area contributed by atoms with Crippen molar-refractivity contribution in [3.63, 3.8) is 0 Å². The van der Waals surface area contributed by atoms with E-state index in [1.807, 2.05) is 13.8 Å². The Morgan fingerprint density at radius 3 is 2.12 bits per heavy atom. The summed E-state index contributed by atoms with van der Waals surface area (Å²) < 4.78 is 34.9. The van der Waals surface area contributed by atoms with Crippen LogP contribution in [-0.4, -0.2) is 27.8 Å². The molecule has 0 bridgehead atoms. The number of nitrogens with zero attached hydrogens (tertiary/aromatic N) is 1. The predicted molar refractivity (Wildman–Crippen MR) is 93.1 cm³/mol. The Bertz CT molecular complexity index is 782. The van der Waals surface area contributed by atoms with Gasteiger partial charge in [0.05, 0.1) is 24.3 Å². The molecule has 0 unspecified atom stereocenters. The van der Waals surface area contributed by atoms with E-state index in [9.17, 15) is 8.42 Å². The summed E-state index contributed by atoms with van der Waals surface area (Å²) >= 11 is 0. The van der Waals surface area contributed by atoms with Crippen molar-refractivity contribution >= 4 is 16.2 Å². The van der Waals surface area contributed by atoms with E-state index in [4.69, 9.17) is 9.47 Å². The van der Waals surface area contributed by atoms with Gasteiger partial charge in [-0.25, -0.2) is 4.83 Å². The van der Waals surface area contributed by atoms with Crippen molar-refractivity contribution < 1.29 is 17.9 Å². The molecule has 0 aliphatic rings. The molecule has 6 nitrogen and oxygen atoms in total. The molecule has 0 saturated carbocycles. The topological polar surface area (TPSA) is 77.0 Å². The molecule has 24 heavy (non-hydrogen) atoms. The van der Waals surface area contributed by atoms with Crippen molar-refractivity contribution in [3.05, 3.63) is 54.1 Å². The van der Waals surface area contributed by atoms with Crippen LogP contribution < -0.4 is 14.3 Å². The van der Waals surface area contributed by atoms with Crippen LogP contribution in [0.2, 0.25) is 0 Å². The van der Waals surface area contributed by atoms with E-state index in [0.29, 0.717) is 5.75 Å². The van der Waals surface area contributed by atoms with E-state index in [-0.39, 0.29) is 11.0 Å². The number of hydrogen-bond acceptors (Lipinski definition) is 5. The second kappa shape index (κ2) is 7.83. The summed E-state index contributed by atoms with van der Waals surface area (Å²) in [5, 5.41) is 3.78. The van der Waals surface area contributed by atoms with Gasteiger partial charge in [-0.05, 0) is 67.9 Å². The number of sulfonamides is 1. The zero-order valence-electron chi connectivity index (χ0n) is 13.8. The summed E-state index contributed by atoms with van der Waals surface area (Å²) in [6.07, 6.45) is 1.45. The van der Waals surface area contributed by atoms with E-state index >= 15 is 0 Å². The molecule has 0 fully saturated rings. The van der Waals surface area contributed by atoms with Crippen LogP contribution in [0.25, 0.3) is 0 Å². The summed E-state index contributed by atoms with van der Waals surface area (Å²) in [7, 11) is -2.14. The first-order valence-electron chi connectivity index (χ1n) is 7.36. The molecule has 1 N–H and O–H groups in total. The summed E-state index contributed by atoms with van der Waals surface area (Å²) in [5.74, 6) is 1.34. The largest absolute Gasteiger partial charge is 0.497 e. The molecule has 2 aromatic carbocycles. The average molecular weight is 348 g/mol. The van der Waals surface area contributed by atoms with Crippen molar-refractivity contribution in [2.24, 2.45) is 5.10 Å². The van der Waals surface area contributed by atoms with E-state index in [1.165, 1.54) is 18.3 Å². The first-order chi connectivity index (χ1) is 11.4. The molecule has 0 atom stereocenters. The maximum atomic E-state index is 12.2. The van der Waals surface area contributed by atoms with Gasteiger partial charge in [-0.2, -0.15) is 13.5 Å². The maximum Gasteiger partial charge on any atom is 0.276 e. The van der Waals surface area contributed by atoms with Crippen LogP contribution in [0.1, 0.15) is 19.4 Å². The second-order valence-corrected chi connectivity index (χ2v) is 6.92. The minimum Gasteiger partial charge on any atom is -0.497 e. The van der Waals surface area contributed by atoms with E-state index in [1.54, 1.807) is 43.5 Å². The standard InChI is InChI=1S/C17H20N2O4S/c1-13(2)23-16-8-10-17(11-9-16)24(20,21)19-18-12-14-4-6-15(22-3)7-5-14/h4-13,19H,1-3H3/b18-12+. The van der Waals surface area contributed by atoms with Gasteiger partial charge in [-0.15, -0.1) is 0 Å². The first-order valence-corrected chi connectivity index (χ1v) is 8.84. The van der Waals surface area contributed by atoms with Gasteiger partial charge in [0.15, 0.2) is 0 Å². The van der Waals surface area contributed by atoms with Crippen LogP contribution in [0.4, 0.5) is 0 Å². The Kier molecular flexibility index (Phi) is 5.81. The molecule has 0 saturated heterocycles. The van der Waals surface area contributed by atoms with Crippen molar-refractivity contribution in [2.45, 2.75) is 24.8 Å². The zero-order chi connectivity index (χ0) is 17.6. The third kappa shape index (κ3) is 4.99. The maximum absolute atomic E-state index is 12.2. The highest BCUT2D eigenvalue weighted by atomic mass is 32.2.